The number of piperidine rings is 1. The van der Waals surface area contributed by atoms with Gasteiger partial charge in [-0.3, -0.25) is 10.1 Å². The van der Waals surface area contributed by atoms with E-state index in [1.54, 1.807) is 0 Å². The molecule has 9 heteroatoms. The molecule has 1 aromatic heterocycles. The van der Waals surface area contributed by atoms with E-state index >= 15 is 0 Å². The van der Waals surface area contributed by atoms with Crippen molar-refractivity contribution in [3.63, 3.8) is 0 Å². The molecule has 0 amide bonds. The van der Waals surface area contributed by atoms with Gasteiger partial charge in [-0.2, -0.15) is 9.97 Å². The maximum atomic E-state index is 11.6. The van der Waals surface area contributed by atoms with Gasteiger partial charge in [0.15, 0.2) is 0 Å². The Bertz CT molecular complexity index is 665. The van der Waals surface area contributed by atoms with Crippen molar-refractivity contribution in [1.29, 1.82) is 0 Å². The number of hydrogen-bond acceptors (Lipinski definition) is 8. The topological polar surface area (TPSA) is 111 Å². The molecule has 2 aliphatic rings. The third kappa shape index (κ3) is 3.82. The van der Waals surface area contributed by atoms with Gasteiger partial charge in [0, 0.05) is 26.2 Å². The summed E-state index contributed by atoms with van der Waals surface area (Å²) in [6.45, 7) is 11.0. The van der Waals surface area contributed by atoms with Gasteiger partial charge in [-0.25, -0.2) is 0 Å². The number of nitro groups is 1. The molecule has 0 saturated carbocycles. The molecule has 2 fully saturated rings. The van der Waals surface area contributed by atoms with Crippen LogP contribution in [-0.2, 0) is 4.74 Å². The Balaban J connectivity index is 2.01. The lowest BCUT2D eigenvalue weighted by Crippen LogP contribution is -2.46. The Morgan fingerprint density at radius 3 is 2.15 bits per heavy atom. The van der Waals surface area contributed by atoms with Gasteiger partial charge >= 0.3 is 5.69 Å². The second kappa shape index (κ2) is 7.22. The van der Waals surface area contributed by atoms with Crippen LogP contribution >= 0.6 is 0 Å². The normalized spacial score (nSPS) is 29.7. The molecule has 3 heterocycles. The molecule has 0 aliphatic carbocycles. The molecule has 1 aromatic rings. The maximum Gasteiger partial charge on any atom is 0.353 e. The number of rotatable bonds is 3. The molecule has 2 N–H and O–H groups in total. The van der Waals surface area contributed by atoms with E-state index in [9.17, 15) is 10.1 Å². The summed E-state index contributed by atoms with van der Waals surface area (Å²) in [5.74, 6) is 1.74. The molecule has 0 unspecified atom stereocenters. The van der Waals surface area contributed by atoms with E-state index < -0.39 is 4.92 Å². The smallest absolute Gasteiger partial charge is 0.353 e. The quantitative estimate of drug-likeness (QED) is 0.641. The summed E-state index contributed by atoms with van der Waals surface area (Å²) in [5.41, 5.74) is 5.78. The predicted molar refractivity (Wildman–Crippen MR) is 100 cm³/mol. The standard InChI is InChI=1S/C17H28N6O3/c1-10-5-11(2)7-22(6-10)17-19-15(18)14(23(24)25)16(20-17)21-8-12(3)26-13(4)9-21/h10-13H,5-9H2,1-4H3,(H2,18,19,20)/t10-,11+,12-,13-/m1/s1. The molecule has 0 bridgehead atoms. The zero-order valence-electron chi connectivity index (χ0n) is 15.9. The van der Waals surface area contributed by atoms with Crippen LogP contribution in [0.1, 0.15) is 34.1 Å². The number of nitrogens with zero attached hydrogens (tertiary/aromatic N) is 5. The van der Waals surface area contributed by atoms with Gasteiger partial charge in [0.05, 0.1) is 17.1 Å². The van der Waals surface area contributed by atoms with Crippen molar-refractivity contribution in [3.8, 4) is 0 Å². The van der Waals surface area contributed by atoms with Crippen LogP contribution in [0.25, 0.3) is 0 Å². The monoisotopic (exact) mass is 364 g/mol. The minimum absolute atomic E-state index is 0.0342. The molecule has 0 spiro atoms. The number of aromatic nitrogens is 2. The van der Waals surface area contributed by atoms with Crippen LogP contribution in [0.15, 0.2) is 0 Å². The lowest BCUT2D eigenvalue weighted by Gasteiger charge is -2.37. The van der Waals surface area contributed by atoms with E-state index in [0.717, 1.165) is 19.5 Å². The predicted octanol–water partition coefficient (Wildman–Crippen LogP) is 2.06. The zero-order chi connectivity index (χ0) is 19.0. The average molecular weight is 364 g/mol. The van der Waals surface area contributed by atoms with Gasteiger partial charge in [0.1, 0.15) is 0 Å². The van der Waals surface area contributed by atoms with Crippen molar-refractivity contribution in [1.82, 2.24) is 9.97 Å². The molecule has 26 heavy (non-hydrogen) atoms. The Morgan fingerprint density at radius 1 is 1.04 bits per heavy atom. The number of hydrogen-bond donors (Lipinski definition) is 1. The Hall–Kier alpha value is -2.16. The van der Waals surface area contributed by atoms with Crippen LogP contribution in [0.5, 0.6) is 0 Å². The van der Waals surface area contributed by atoms with Gasteiger partial charge < -0.3 is 20.3 Å². The highest BCUT2D eigenvalue weighted by molar-refractivity contribution is 5.71. The summed E-state index contributed by atoms with van der Waals surface area (Å²) < 4.78 is 5.75. The summed E-state index contributed by atoms with van der Waals surface area (Å²) in [6.07, 6.45) is 1.09. The summed E-state index contributed by atoms with van der Waals surface area (Å²) >= 11 is 0. The molecule has 9 nitrogen and oxygen atoms in total. The van der Waals surface area contributed by atoms with Crippen molar-refractivity contribution in [2.75, 3.05) is 41.7 Å². The first-order valence-corrected chi connectivity index (χ1v) is 9.21. The van der Waals surface area contributed by atoms with Crippen molar-refractivity contribution < 1.29 is 9.66 Å². The molecule has 2 aliphatic heterocycles. The highest BCUT2D eigenvalue weighted by Crippen LogP contribution is 2.35. The fraction of sp³-hybridized carbons (Fsp3) is 0.765. The van der Waals surface area contributed by atoms with Crippen molar-refractivity contribution in [3.05, 3.63) is 10.1 Å². The van der Waals surface area contributed by atoms with Crippen molar-refractivity contribution in [2.24, 2.45) is 11.8 Å². The molecular formula is C17H28N6O3. The molecule has 2 saturated heterocycles. The highest BCUT2D eigenvalue weighted by atomic mass is 16.6. The summed E-state index contributed by atoms with van der Waals surface area (Å²) in [7, 11) is 0. The van der Waals surface area contributed by atoms with Gasteiger partial charge in [-0.1, -0.05) is 13.8 Å². The van der Waals surface area contributed by atoms with Gasteiger partial charge in [-0.05, 0) is 32.1 Å². The molecule has 0 radical (unpaired) electrons. The van der Waals surface area contributed by atoms with Gasteiger partial charge in [0.2, 0.25) is 17.6 Å². The van der Waals surface area contributed by atoms with Crippen molar-refractivity contribution >= 4 is 23.3 Å². The minimum Gasteiger partial charge on any atom is -0.378 e. The molecule has 3 rings (SSSR count). The second-order valence-corrected chi connectivity index (χ2v) is 7.85. The van der Waals surface area contributed by atoms with Crippen LogP contribution in [0, 0.1) is 22.0 Å². The number of morpholine rings is 1. The van der Waals surface area contributed by atoms with Gasteiger partial charge in [0.25, 0.3) is 0 Å². The SMILES string of the molecule is C[C@@H]1C[C@H](C)CN(c2nc(N)c([N+](=O)[O-])c(N3C[C@@H](C)O[C@H](C)C3)n2)C1. The first-order chi connectivity index (χ1) is 12.2. The zero-order valence-corrected chi connectivity index (χ0v) is 15.9. The lowest BCUT2D eigenvalue weighted by atomic mass is 9.92. The molecule has 4 atom stereocenters. The molecular weight excluding hydrogens is 336 g/mol. The Kier molecular flexibility index (Phi) is 5.17. The first-order valence-electron chi connectivity index (χ1n) is 9.21. The fourth-order valence-corrected chi connectivity index (χ4v) is 4.16. The second-order valence-electron chi connectivity index (χ2n) is 7.85. The third-order valence-electron chi connectivity index (χ3n) is 4.93. The Labute approximate surface area is 153 Å². The van der Waals surface area contributed by atoms with E-state index in [2.05, 4.69) is 28.7 Å². The van der Waals surface area contributed by atoms with Gasteiger partial charge in [-0.15, -0.1) is 0 Å². The van der Waals surface area contributed by atoms with E-state index in [1.807, 2.05) is 18.7 Å². The fourth-order valence-electron chi connectivity index (χ4n) is 4.16. The largest absolute Gasteiger partial charge is 0.378 e. The number of anilines is 3. The highest BCUT2D eigenvalue weighted by Gasteiger charge is 2.33. The number of nitrogens with two attached hydrogens (primary N) is 1. The third-order valence-corrected chi connectivity index (χ3v) is 4.93. The van der Waals surface area contributed by atoms with E-state index in [4.69, 9.17) is 10.5 Å². The minimum atomic E-state index is -0.485. The lowest BCUT2D eigenvalue weighted by molar-refractivity contribution is -0.383. The van der Waals surface area contributed by atoms with Crippen LogP contribution in [0.4, 0.5) is 23.3 Å². The molecule has 0 aromatic carbocycles. The number of ether oxygens (including phenoxy) is 1. The van der Waals surface area contributed by atoms with Crippen molar-refractivity contribution in [2.45, 2.75) is 46.3 Å². The van der Waals surface area contributed by atoms with Crippen LogP contribution in [0.3, 0.4) is 0 Å². The Morgan fingerprint density at radius 2 is 1.62 bits per heavy atom. The average Bonchev–Trinajstić information content (AvgIpc) is 2.51. The first kappa shape index (κ1) is 18.6. The van der Waals surface area contributed by atoms with Crippen LogP contribution in [0.2, 0.25) is 0 Å². The summed E-state index contributed by atoms with van der Waals surface area (Å²) in [4.78, 5) is 24.0. The van der Waals surface area contributed by atoms with Crippen LogP contribution in [-0.4, -0.2) is 53.3 Å². The van der Waals surface area contributed by atoms with E-state index in [0.29, 0.717) is 36.7 Å². The van der Waals surface area contributed by atoms with Crippen LogP contribution < -0.4 is 15.5 Å². The maximum absolute atomic E-state index is 11.6. The number of nitrogen functional groups attached to an aromatic ring is 1. The summed E-state index contributed by atoms with van der Waals surface area (Å²) in [6, 6.07) is 0. The molecule has 144 valence electrons. The van der Waals surface area contributed by atoms with E-state index in [-0.39, 0.29) is 23.7 Å². The van der Waals surface area contributed by atoms with E-state index in [1.165, 1.54) is 0 Å². The summed E-state index contributed by atoms with van der Waals surface area (Å²) in [5, 5.41) is 11.6.